The van der Waals surface area contributed by atoms with Crippen LogP contribution in [-0.2, 0) is 21.2 Å². The van der Waals surface area contributed by atoms with E-state index in [1.807, 2.05) is 0 Å². The van der Waals surface area contributed by atoms with Crippen LogP contribution in [-0.4, -0.2) is 79.2 Å². The fourth-order valence-corrected chi connectivity index (χ4v) is 25.2. The van der Waals surface area contributed by atoms with E-state index in [-0.39, 0.29) is 13.2 Å². The number of aliphatic hydroxyl groups excluding tert-OH is 2. The summed E-state index contributed by atoms with van der Waals surface area (Å²) in [6.45, 7) is 22.5. The van der Waals surface area contributed by atoms with Gasteiger partial charge in [-0.15, -0.1) is 0 Å². The summed E-state index contributed by atoms with van der Waals surface area (Å²) < 4.78 is 32.6. The Morgan fingerprint density at radius 1 is 0.694 bits per heavy atom. The molecule has 218 valence electrons. The van der Waals surface area contributed by atoms with Crippen molar-refractivity contribution in [2.75, 3.05) is 19.8 Å². The molecule has 0 aromatic carbocycles. The highest BCUT2D eigenvalue weighted by atomic mass is 28.5. The van der Waals surface area contributed by atoms with E-state index in [1.54, 1.807) is 0 Å². The van der Waals surface area contributed by atoms with Crippen LogP contribution >= 0.6 is 0 Å². The predicted octanol–water partition coefficient (Wildman–Crippen LogP) is 6.23. The molecule has 0 aliphatic carbocycles. The number of unbranched alkanes of at least 4 members (excludes halogenated alkanes) is 6. The lowest BCUT2D eigenvalue weighted by Crippen LogP contribution is -2.57. The van der Waals surface area contributed by atoms with Gasteiger partial charge in [0.1, 0.15) is 6.10 Å². The molecule has 0 aromatic heterocycles. The lowest BCUT2D eigenvalue weighted by atomic mass is 10.1. The van der Waals surface area contributed by atoms with Crippen molar-refractivity contribution in [1.82, 2.24) is 0 Å². The fourth-order valence-electron chi connectivity index (χ4n) is 4.40. The smallest absolute Gasteiger partial charge is 0.317 e. The average Bonchev–Trinajstić information content (AvgIpc) is 2.69. The van der Waals surface area contributed by atoms with Gasteiger partial charge in [-0.3, -0.25) is 0 Å². The van der Waals surface area contributed by atoms with E-state index in [4.69, 9.17) is 26.3 Å². The summed E-state index contributed by atoms with van der Waals surface area (Å²) in [7, 11) is -10.4. The van der Waals surface area contributed by atoms with Gasteiger partial charge < -0.3 is 31.4 Å². The molecule has 4 atom stereocenters. The van der Waals surface area contributed by atoms with Crippen molar-refractivity contribution < 1.29 is 31.4 Å². The number of hydrogen-bond donors (Lipinski definition) is 2. The van der Waals surface area contributed by atoms with Crippen LogP contribution in [0, 0.1) is 0 Å². The predicted molar refractivity (Wildman–Crippen MR) is 163 cm³/mol. The number of hydrogen-bond acceptors (Lipinski definition) is 7. The standard InChI is InChI=1S/C24H60O7Si5/c1-11-12-13-14-15-16-17-20-35(9,29-32(2)28-33(3,4)5)31-36(10,30-34(6,7)8)21-18-19-27-23-24(26)22-25/h24-26,32H,11-23H2,1-10H3. The summed E-state index contributed by atoms with van der Waals surface area (Å²) >= 11 is 0. The average molecular weight is 601 g/mol. The first-order valence-corrected chi connectivity index (χ1v) is 28.1. The minimum absolute atomic E-state index is 0.148. The molecule has 0 aliphatic heterocycles. The maximum absolute atomic E-state index is 9.52. The molecule has 0 spiro atoms. The summed E-state index contributed by atoms with van der Waals surface area (Å²) in [5.74, 6) is 0. The van der Waals surface area contributed by atoms with Gasteiger partial charge in [0.05, 0.1) is 13.2 Å². The van der Waals surface area contributed by atoms with E-state index in [2.05, 4.69) is 65.8 Å². The van der Waals surface area contributed by atoms with E-state index in [0.717, 1.165) is 24.9 Å². The molecule has 0 heterocycles. The van der Waals surface area contributed by atoms with Gasteiger partial charge in [-0.1, -0.05) is 51.9 Å². The van der Waals surface area contributed by atoms with Crippen LogP contribution in [0.5, 0.6) is 0 Å². The molecule has 2 N–H and O–H groups in total. The largest absolute Gasteiger partial charge is 0.439 e. The molecular weight excluding hydrogens is 541 g/mol. The van der Waals surface area contributed by atoms with Crippen molar-refractivity contribution >= 4 is 43.0 Å². The Morgan fingerprint density at radius 2 is 1.25 bits per heavy atom. The topological polar surface area (TPSA) is 86.6 Å². The van der Waals surface area contributed by atoms with Gasteiger partial charge in [-0.2, -0.15) is 0 Å². The molecule has 0 aromatic rings. The fraction of sp³-hybridized carbons (Fsp3) is 1.00. The van der Waals surface area contributed by atoms with Crippen molar-refractivity contribution in [3.8, 4) is 0 Å². The van der Waals surface area contributed by atoms with Crippen LogP contribution in [0.25, 0.3) is 0 Å². The van der Waals surface area contributed by atoms with Crippen molar-refractivity contribution in [1.29, 1.82) is 0 Å². The number of rotatable bonds is 23. The maximum Gasteiger partial charge on any atom is 0.317 e. The molecule has 0 bridgehead atoms. The SMILES string of the molecule is CCCCCCCCC[Si](C)(O[SiH](C)O[Si](C)(C)C)O[Si](C)(CCCOCC(O)CO)O[Si](C)(C)C. The molecule has 0 saturated heterocycles. The van der Waals surface area contributed by atoms with Crippen LogP contribution in [0.3, 0.4) is 0 Å². The van der Waals surface area contributed by atoms with Crippen molar-refractivity contribution in [3.05, 3.63) is 0 Å². The Balaban J connectivity index is 5.34. The van der Waals surface area contributed by atoms with Crippen LogP contribution in [0.2, 0.25) is 71.0 Å². The number of ether oxygens (including phenoxy) is 1. The lowest BCUT2D eigenvalue weighted by Gasteiger charge is -2.42. The zero-order valence-corrected chi connectivity index (χ0v) is 30.4. The summed E-state index contributed by atoms with van der Waals surface area (Å²) in [5, 5.41) is 18.5. The van der Waals surface area contributed by atoms with Crippen LogP contribution in [0.1, 0.15) is 58.3 Å². The van der Waals surface area contributed by atoms with Gasteiger partial charge in [0.15, 0.2) is 16.6 Å². The van der Waals surface area contributed by atoms with Crippen molar-refractivity contribution in [2.24, 2.45) is 0 Å². The second-order valence-electron chi connectivity index (χ2n) is 12.4. The van der Waals surface area contributed by atoms with Crippen molar-refractivity contribution in [3.63, 3.8) is 0 Å². The molecule has 0 radical (unpaired) electrons. The summed E-state index contributed by atoms with van der Waals surface area (Å²) in [6.07, 6.45) is 8.85. The Labute approximate surface area is 229 Å². The number of aliphatic hydroxyl groups is 2. The molecule has 0 amide bonds. The highest BCUT2D eigenvalue weighted by molar-refractivity contribution is 6.88. The first-order chi connectivity index (χ1) is 16.5. The normalized spacial score (nSPS) is 18.0. The van der Waals surface area contributed by atoms with Gasteiger partial charge in [0.25, 0.3) is 9.28 Å². The first-order valence-electron chi connectivity index (χ1n) is 14.2. The molecular formula is C24H60O7Si5. The van der Waals surface area contributed by atoms with Crippen LogP contribution < -0.4 is 0 Å². The second-order valence-corrected chi connectivity index (χ2v) is 31.0. The second kappa shape index (κ2) is 18.2. The quantitative estimate of drug-likeness (QED) is 0.106. The van der Waals surface area contributed by atoms with E-state index in [0.29, 0.717) is 6.61 Å². The van der Waals surface area contributed by atoms with Crippen LogP contribution in [0.15, 0.2) is 0 Å². The van der Waals surface area contributed by atoms with Crippen molar-refractivity contribution in [2.45, 2.75) is 135 Å². The minimum atomic E-state index is -2.53. The van der Waals surface area contributed by atoms with Gasteiger partial charge in [-0.05, 0) is 77.4 Å². The molecule has 0 saturated carbocycles. The monoisotopic (exact) mass is 600 g/mol. The Bertz CT molecular complexity index is 562. The third kappa shape index (κ3) is 20.7. The highest BCUT2D eigenvalue weighted by Gasteiger charge is 2.45. The highest BCUT2D eigenvalue weighted by Crippen LogP contribution is 2.30. The molecule has 0 rings (SSSR count). The van der Waals surface area contributed by atoms with E-state index in [1.165, 1.54) is 38.5 Å². The zero-order chi connectivity index (χ0) is 27.9. The summed E-state index contributed by atoms with van der Waals surface area (Å²) in [4.78, 5) is 0. The molecule has 7 nitrogen and oxygen atoms in total. The van der Waals surface area contributed by atoms with E-state index >= 15 is 0 Å². The third-order valence-electron chi connectivity index (χ3n) is 5.56. The van der Waals surface area contributed by atoms with Gasteiger partial charge >= 0.3 is 17.1 Å². The molecule has 0 aliphatic rings. The summed E-state index contributed by atoms with van der Waals surface area (Å²) in [5.41, 5.74) is 0. The summed E-state index contributed by atoms with van der Waals surface area (Å²) in [6, 6.07) is 1.80. The Hall–Kier alpha value is 0.804. The zero-order valence-electron chi connectivity index (χ0n) is 25.3. The van der Waals surface area contributed by atoms with Gasteiger partial charge in [-0.25, -0.2) is 0 Å². The van der Waals surface area contributed by atoms with Gasteiger partial charge in [0, 0.05) is 6.61 Å². The third-order valence-corrected chi connectivity index (χ3v) is 23.2. The maximum atomic E-state index is 9.52. The molecule has 12 heteroatoms. The molecule has 0 fully saturated rings. The molecule has 4 unspecified atom stereocenters. The Kier molecular flexibility index (Phi) is 18.6. The van der Waals surface area contributed by atoms with Gasteiger partial charge in [0.2, 0.25) is 0 Å². The minimum Gasteiger partial charge on any atom is -0.439 e. The van der Waals surface area contributed by atoms with Crippen LogP contribution in [0.4, 0.5) is 0 Å². The first kappa shape index (κ1) is 36.8. The lowest BCUT2D eigenvalue weighted by molar-refractivity contribution is 0.00623. The van der Waals surface area contributed by atoms with E-state index < -0.39 is 49.1 Å². The van der Waals surface area contributed by atoms with E-state index in [9.17, 15) is 5.11 Å². The Morgan fingerprint density at radius 3 is 1.78 bits per heavy atom. The molecule has 36 heavy (non-hydrogen) atoms.